The first-order valence-electron chi connectivity index (χ1n) is 7.93. The van der Waals surface area contributed by atoms with Crippen LogP contribution in [0.1, 0.15) is 22.8 Å². The van der Waals surface area contributed by atoms with E-state index in [1.165, 1.54) is 0 Å². The van der Waals surface area contributed by atoms with Gasteiger partial charge in [0.2, 0.25) is 0 Å². The minimum atomic E-state index is -0.657. The van der Waals surface area contributed by atoms with Crippen molar-refractivity contribution >= 4 is 11.6 Å². The lowest BCUT2D eigenvalue weighted by atomic mass is 9.93. The third kappa shape index (κ3) is 2.71. The van der Waals surface area contributed by atoms with Crippen LogP contribution in [0.3, 0.4) is 0 Å². The zero-order chi connectivity index (χ0) is 17.2. The predicted octanol–water partition coefficient (Wildman–Crippen LogP) is 3.08. The largest absolute Gasteiger partial charge is 0.497 e. The van der Waals surface area contributed by atoms with Crippen LogP contribution >= 0.6 is 0 Å². The molecule has 1 unspecified atom stereocenters. The third-order valence-corrected chi connectivity index (χ3v) is 4.49. The van der Waals surface area contributed by atoms with Crippen LogP contribution < -0.4 is 10.1 Å². The summed E-state index contributed by atoms with van der Waals surface area (Å²) in [4.78, 5) is 14.9. The number of anilines is 1. The number of para-hydroxylation sites is 1. The number of benzene rings is 2. The van der Waals surface area contributed by atoms with Crippen molar-refractivity contribution in [3.63, 3.8) is 0 Å². The van der Waals surface area contributed by atoms with E-state index in [-0.39, 0.29) is 5.91 Å². The monoisotopic (exact) mass is 326 g/mol. The van der Waals surface area contributed by atoms with Crippen LogP contribution in [0.5, 0.6) is 5.75 Å². The first-order valence-corrected chi connectivity index (χ1v) is 7.93. The highest BCUT2D eigenvalue weighted by Crippen LogP contribution is 2.37. The van der Waals surface area contributed by atoms with Crippen molar-refractivity contribution in [1.29, 1.82) is 0 Å². The first-order chi connectivity index (χ1) is 11.6. The summed E-state index contributed by atoms with van der Waals surface area (Å²) in [6, 6.07) is 15.4. The van der Waals surface area contributed by atoms with Gasteiger partial charge in [0, 0.05) is 19.3 Å². The minimum absolute atomic E-state index is 0.000261. The van der Waals surface area contributed by atoms with Crippen LogP contribution in [0.15, 0.2) is 48.5 Å². The summed E-state index contributed by atoms with van der Waals surface area (Å²) in [5.74, 6) is 0.785. The second-order valence-electron chi connectivity index (χ2n) is 5.92. The molecule has 1 atom stereocenters. The molecule has 2 aromatic rings. The van der Waals surface area contributed by atoms with Gasteiger partial charge in [-0.3, -0.25) is 4.79 Å². The van der Waals surface area contributed by atoms with Gasteiger partial charge < -0.3 is 19.7 Å². The normalized spacial score (nSPS) is 19.6. The number of hydrogen-bond acceptors (Lipinski definition) is 4. The molecular weight excluding hydrogens is 304 g/mol. The summed E-state index contributed by atoms with van der Waals surface area (Å²) in [6.07, 6.45) is 0. The number of carbonyl (C=O) groups excluding carboxylic acids is 1. The van der Waals surface area contributed by atoms with Crippen molar-refractivity contribution in [2.75, 3.05) is 32.7 Å². The Morgan fingerprint density at radius 1 is 1.08 bits per heavy atom. The molecule has 1 aliphatic rings. The van der Waals surface area contributed by atoms with Gasteiger partial charge in [0.05, 0.1) is 19.3 Å². The molecule has 5 heteroatoms. The molecule has 126 valence electrons. The van der Waals surface area contributed by atoms with Crippen LogP contribution in [-0.2, 0) is 10.4 Å². The summed E-state index contributed by atoms with van der Waals surface area (Å²) in [5, 5.41) is 3.53. The van der Waals surface area contributed by atoms with Gasteiger partial charge in [0.1, 0.15) is 11.4 Å². The van der Waals surface area contributed by atoms with Gasteiger partial charge >= 0.3 is 0 Å². The first kappa shape index (κ1) is 16.3. The standard InChI is InChI=1S/C19H22N2O3/c1-19(14-8-10-15(24-3)11-9-14)20-17-7-5-4-6-16(17)18(22)21(19)12-13-23-2/h4-11,20H,12-13H2,1-3H3. The average Bonchev–Trinajstić information content (AvgIpc) is 2.61. The molecule has 24 heavy (non-hydrogen) atoms. The molecule has 0 aromatic heterocycles. The third-order valence-electron chi connectivity index (χ3n) is 4.49. The van der Waals surface area contributed by atoms with E-state index >= 15 is 0 Å². The average molecular weight is 326 g/mol. The molecule has 3 rings (SSSR count). The van der Waals surface area contributed by atoms with Gasteiger partial charge in [-0.1, -0.05) is 24.3 Å². The maximum atomic E-state index is 13.0. The zero-order valence-corrected chi connectivity index (χ0v) is 14.2. The molecule has 0 fully saturated rings. The number of methoxy groups -OCH3 is 2. The maximum absolute atomic E-state index is 13.0. The predicted molar refractivity (Wildman–Crippen MR) is 93.3 cm³/mol. The summed E-state index contributed by atoms with van der Waals surface area (Å²) >= 11 is 0. The Bertz CT molecular complexity index is 730. The van der Waals surface area contributed by atoms with Crippen LogP contribution in [-0.4, -0.2) is 38.2 Å². The molecule has 5 nitrogen and oxygen atoms in total. The summed E-state index contributed by atoms with van der Waals surface area (Å²) in [7, 11) is 3.28. The van der Waals surface area contributed by atoms with Crippen molar-refractivity contribution < 1.29 is 14.3 Å². The molecule has 0 saturated heterocycles. The maximum Gasteiger partial charge on any atom is 0.258 e. The van der Waals surface area contributed by atoms with Gasteiger partial charge in [-0.25, -0.2) is 0 Å². The fourth-order valence-corrected chi connectivity index (χ4v) is 3.11. The van der Waals surface area contributed by atoms with Crippen molar-refractivity contribution in [2.24, 2.45) is 0 Å². The smallest absolute Gasteiger partial charge is 0.258 e. The quantitative estimate of drug-likeness (QED) is 0.917. The Hall–Kier alpha value is -2.53. The number of nitrogens with zero attached hydrogens (tertiary/aromatic N) is 1. The number of hydrogen-bond donors (Lipinski definition) is 1. The lowest BCUT2D eigenvalue weighted by Gasteiger charge is -2.46. The number of amides is 1. The second-order valence-corrected chi connectivity index (χ2v) is 5.92. The van der Waals surface area contributed by atoms with E-state index in [1.807, 2.05) is 60.4 Å². The number of rotatable bonds is 5. The molecule has 1 heterocycles. The van der Waals surface area contributed by atoms with Gasteiger partial charge in [-0.15, -0.1) is 0 Å². The number of nitrogens with one attached hydrogen (secondary N) is 1. The van der Waals surface area contributed by atoms with Crippen molar-refractivity contribution in [1.82, 2.24) is 4.90 Å². The lowest BCUT2D eigenvalue weighted by molar-refractivity contribution is 0.0438. The van der Waals surface area contributed by atoms with Gasteiger partial charge in [-0.2, -0.15) is 0 Å². The molecule has 1 N–H and O–H groups in total. The van der Waals surface area contributed by atoms with Crippen LogP contribution in [0.2, 0.25) is 0 Å². The summed E-state index contributed by atoms with van der Waals surface area (Å²) in [6.45, 7) is 2.98. The number of carbonyl (C=O) groups is 1. The molecule has 0 radical (unpaired) electrons. The van der Waals surface area contributed by atoms with Gasteiger partial charge in [-0.05, 0) is 36.8 Å². The molecule has 0 aliphatic carbocycles. The highest BCUT2D eigenvalue weighted by Gasteiger charge is 2.42. The summed E-state index contributed by atoms with van der Waals surface area (Å²) in [5.41, 5.74) is 1.85. The van der Waals surface area contributed by atoms with E-state index in [9.17, 15) is 4.79 Å². The van der Waals surface area contributed by atoms with Crippen molar-refractivity contribution in [2.45, 2.75) is 12.6 Å². The topological polar surface area (TPSA) is 50.8 Å². The van der Waals surface area contributed by atoms with Crippen molar-refractivity contribution in [3.8, 4) is 5.75 Å². The summed E-state index contributed by atoms with van der Waals surface area (Å²) < 4.78 is 10.4. The molecule has 1 amide bonds. The van der Waals surface area contributed by atoms with E-state index in [0.29, 0.717) is 18.7 Å². The van der Waals surface area contributed by atoms with Crippen LogP contribution in [0.4, 0.5) is 5.69 Å². The number of ether oxygens (including phenoxy) is 2. The SMILES string of the molecule is COCCN1C(=O)c2ccccc2NC1(C)c1ccc(OC)cc1. The molecule has 2 aromatic carbocycles. The van der Waals surface area contributed by atoms with Gasteiger partial charge in [0.15, 0.2) is 0 Å². The van der Waals surface area contributed by atoms with E-state index in [1.54, 1.807) is 14.2 Å². The van der Waals surface area contributed by atoms with Crippen LogP contribution in [0.25, 0.3) is 0 Å². The number of fused-ring (bicyclic) bond motifs is 1. The lowest BCUT2D eigenvalue weighted by Crippen LogP contribution is -2.56. The second kappa shape index (κ2) is 6.53. The fourth-order valence-electron chi connectivity index (χ4n) is 3.11. The Labute approximate surface area is 142 Å². The van der Waals surface area contributed by atoms with Gasteiger partial charge in [0.25, 0.3) is 5.91 Å². The molecular formula is C19H22N2O3. The minimum Gasteiger partial charge on any atom is -0.497 e. The Kier molecular flexibility index (Phi) is 4.44. The van der Waals surface area contributed by atoms with Crippen LogP contribution in [0, 0.1) is 0 Å². The molecule has 1 aliphatic heterocycles. The van der Waals surface area contributed by atoms with E-state index < -0.39 is 5.66 Å². The zero-order valence-electron chi connectivity index (χ0n) is 14.2. The fraction of sp³-hybridized carbons (Fsp3) is 0.316. The van der Waals surface area contributed by atoms with E-state index in [0.717, 1.165) is 17.0 Å². The molecule has 0 bridgehead atoms. The molecule has 0 spiro atoms. The molecule has 0 saturated carbocycles. The highest BCUT2D eigenvalue weighted by molar-refractivity contribution is 6.02. The van der Waals surface area contributed by atoms with E-state index in [4.69, 9.17) is 9.47 Å². The Morgan fingerprint density at radius 3 is 2.46 bits per heavy atom. The van der Waals surface area contributed by atoms with Crippen molar-refractivity contribution in [3.05, 3.63) is 59.7 Å². The van der Waals surface area contributed by atoms with E-state index in [2.05, 4.69) is 5.32 Å². The Morgan fingerprint density at radius 2 is 1.79 bits per heavy atom. The Balaban J connectivity index is 2.06. The highest BCUT2D eigenvalue weighted by atomic mass is 16.5.